The van der Waals surface area contributed by atoms with Crippen molar-refractivity contribution in [2.24, 2.45) is 5.16 Å². The number of nitrogens with zero attached hydrogens (tertiary/aromatic N) is 1. The molecule has 1 aliphatic rings. The third-order valence-corrected chi connectivity index (χ3v) is 0.990. The van der Waals surface area contributed by atoms with Crippen LogP contribution in [0.4, 0.5) is 0 Å². The SMILES string of the molecule is COC(=O)C1=NOC(=O)C1. The maximum absolute atomic E-state index is 10.6. The molecule has 10 heavy (non-hydrogen) atoms. The lowest BCUT2D eigenvalue weighted by Crippen LogP contribution is -2.14. The highest BCUT2D eigenvalue weighted by atomic mass is 16.7. The monoisotopic (exact) mass is 143 g/mol. The van der Waals surface area contributed by atoms with E-state index in [2.05, 4.69) is 14.7 Å². The number of esters is 1. The van der Waals surface area contributed by atoms with E-state index in [9.17, 15) is 9.59 Å². The van der Waals surface area contributed by atoms with E-state index in [4.69, 9.17) is 0 Å². The van der Waals surface area contributed by atoms with E-state index in [1.807, 2.05) is 0 Å². The van der Waals surface area contributed by atoms with Crippen molar-refractivity contribution < 1.29 is 19.2 Å². The van der Waals surface area contributed by atoms with Gasteiger partial charge in [-0.1, -0.05) is 5.16 Å². The Balaban J connectivity index is 2.59. The molecular formula is C5H5NO4. The molecule has 0 spiro atoms. The number of hydrogen-bond donors (Lipinski definition) is 0. The van der Waals surface area contributed by atoms with Gasteiger partial charge in [0.05, 0.1) is 7.11 Å². The molecule has 0 radical (unpaired) electrons. The Morgan fingerprint density at radius 1 is 1.80 bits per heavy atom. The normalized spacial score (nSPS) is 16.1. The summed E-state index contributed by atoms with van der Waals surface area (Å²) in [5.74, 6) is -1.15. The van der Waals surface area contributed by atoms with Crippen LogP contribution in [0.2, 0.25) is 0 Å². The van der Waals surface area contributed by atoms with Gasteiger partial charge >= 0.3 is 11.9 Å². The second-order valence-corrected chi connectivity index (χ2v) is 1.67. The van der Waals surface area contributed by atoms with Crippen LogP contribution < -0.4 is 0 Å². The molecule has 0 amide bonds. The van der Waals surface area contributed by atoms with Crippen LogP contribution in [0.1, 0.15) is 6.42 Å². The molecule has 1 heterocycles. The minimum Gasteiger partial charge on any atom is -0.464 e. The van der Waals surface area contributed by atoms with Gasteiger partial charge in [0.15, 0.2) is 5.71 Å². The minimum atomic E-state index is -0.620. The van der Waals surface area contributed by atoms with Crippen molar-refractivity contribution in [1.29, 1.82) is 0 Å². The highest BCUT2D eigenvalue weighted by Gasteiger charge is 2.24. The number of hydrogen-bond acceptors (Lipinski definition) is 5. The molecule has 0 fully saturated rings. The fraction of sp³-hybridized carbons (Fsp3) is 0.400. The summed E-state index contributed by atoms with van der Waals surface area (Å²) in [6, 6.07) is 0. The zero-order valence-electron chi connectivity index (χ0n) is 5.29. The van der Waals surface area contributed by atoms with Crippen LogP contribution in [0, 0.1) is 0 Å². The Morgan fingerprint density at radius 3 is 2.90 bits per heavy atom. The van der Waals surface area contributed by atoms with E-state index in [0.29, 0.717) is 0 Å². The summed E-state index contributed by atoms with van der Waals surface area (Å²) in [5, 5.41) is 3.18. The first-order valence-electron chi connectivity index (χ1n) is 2.59. The largest absolute Gasteiger partial charge is 0.464 e. The summed E-state index contributed by atoms with van der Waals surface area (Å²) in [5.41, 5.74) is 0.0208. The van der Waals surface area contributed by atoms with Crippen molar-refractivity contribution >= 4 is 17.7 Å². The lowest BCUT2D eigenvalue weighted by Gasteiger charge is -1.90. The van der Waals surface area contributed by atoms with Gasteiger partial charge in [0.25, 0.3) is 0 Å². The molecular weight excluding hydrogens is 138 g/mol. The van der Waals surface area contributed by atoms with E-state index in [1.54, 1.807) is 0 Å². The average Bonchev–Trinajstić information content (AvgIpc) is 2.34. The van der Waals surface area contributed by atoms with Gasteiger partial charge in [-0.2, -0.15) is 0 Å². The molecule has 54 valence electrons. The number of rotatable bonds is 1. The zero-order chi connectivity index (χ0) is 7.56. The summed E-state index contributed by atoms with van der Waals surface area (Å²) in [6.07, 6.45) is -0.0906. The molecule has 0 aromatic heterocycles. The predicted octanol–water partition coefficient (Wildman–Crippen LogP) is -0.538. The van der Waals surface area contributed by atoms with Crippen LogP contribution in [-0.4, -0.2) is 24.8 Å². The van der Waals surface area contributed by atoms with E-state index in [0.717, 1.165) is 0 Å². The summed E-state index contributed by atoms with van der Waals surface area (Å²) in [4.78, 5) is 25.0. The van der Waals surface area contributed by atoms with Gasteiger partial charge in [-0.3, -0.25) is 0 Å². The first kappa shape index (κ1) is 6.73. The molecule has 0 aromatic carbocycles. The highest BCUT2D eigenvalue weighted by Crippen LogP contribution is 2.02. The quantitative estimate of drug-likeness (QED) is 0.365. The van der Waals surface area contributed by atoms with Crippen molar-refractivity contribution in [2.45, 2.75) is 6.42 Å². The summed E-state index contributed by atoms with van der Waals surface area (Å²) in [6.45, 7) is 0. The Hall–Kier alpha value is -1.39. The van der Waals surface area contributed by atoms with Crippen molar-refractivity contribution in [3.63, 3.8) is 0 Å². The lowest BCUT2D eigenvalue weighted by molar-refractivity contribution is -0.140. The minimum absolute atomic E-state index is 0.0208. The Labute approximate surface area is 56.6 Å². The standard InChI is InChI=1S/C5H5NO4/c1-9-5(8)3-2-4(7)10-6-3/h2H2,1H3. The van der Waals surface area contributed by atoms with Crippen molar-refractivity contribution in [3.8, 4) is 0 Å². The van der Waals surface area contributed by atoms with Crippen LogP contribution in [0.25, 0.3) is 0 Å². The van der Waals surface area contributed by atoms with E-state index >= 15 is 0 Å². The van der Waals surface area contributed by atoms with Crippen molar-refractivity contribution in [2.75, 3.05) is 7.11 Å². The second kappa shape index (κ2) is 2.47. The maximum atomic E-state index is 10.6. The first-order chi connectivity index (χ1) is 4.74. The van der Waals surface area contributed by atoms with Crippen LogP contribution in [0.3, 0.4) is 0 Å². The smallest absolute Gasteiger partial charge is 0.356 e. The van der Waals surface area contributed by atoms with Crippen molar-refractivity contribution in [1.82, 2.24) is 0 Å². The second-order valence-electron chi connectivity index (χ2n) is 1.67. The lowest BCUT2D eigenvalue weighted by atomic mass is 10.3. The Kier molecular flexibility index (Phi) is 1.66. The van der Waals surface area contributed by atoms with Crippen LogP contribution in [0.5, 0.6) is 0 Å². The molecule has 0 N–H and O–H groups in total. The summed E-state index contributed by atoms with van der Waals surface area (Å²) in [7, 11) is 1.22. The van der Waals surface area contributed by atoms with Gasteiger partial charge in [-0.05, 0) is 0 Å². The third-order valence-electron chi connectivity index (χ3n) is 0.990. The average molecular weight is 143 g/mol. The number of methoxy groups -OCH3 is 1. The van der Waals surface area contributed by atoms with Crippen molar-refractivity contribution in [3.05, 3.63) is 0 Å². The zero-order valence-corrected chi connectivity index (χ0v) is 5.29. The molecule has 1 aliphatic heterocycles. The van der Waals surface area contributed by atoms with Gasteiger partial charge in [0, 0.05) is 0 Å². The Bertz CT molecular complexity index is 208. The number of carbonyl (C=O) groups is 2. The highest BCUT2D eigenvalue weighted by molar-refractivity contribution is 6.40. The fourth-order valence-electron chi connectivity index (χ4n) is 0.535. The number of oxime groups is 1. The fourth-order valence-corrected chi connectivity index (χ4v) is 0.535. The molecule has 1 rings (SSSR count). The molecule has 0 unspecified atom stereocenters. The summed E-state index contributed by atoms with van der Waals surface area (Å²) >= 11 is 0. The van der Waals surface area contributed by atoms with Gasteiger partial charge in [0.1, 0.15) is 6.42 Å². The molecule has 0 atom stereocenters. The van der Waals surface area contributed by atoms with Gasteiger partial charge < -0.3 is 9.57 Å². The van der Waals surface area contributed by atoms with E-state index in [-0.39, 0.29) is 12.1 Å². The predicted molar refractivity (Wildman–Crippen MR) is 30.2 cm³/mol. The van der Waals surface area contributed by atoms with E-state index < -0.39 is 11.9 Å². The molecule has 0 aromatic rings. The summed E-state index contributed by atoms with van der Waals surface area (Å²) < 4.78 is 4.28. The number of ether oxygens (including phenoxy) is 1. The molecule has 0 saturated carbocycles. The molecule has 0 bridgehead atoms. The van der Waals surface area contributed by atoms with Crippen LogP contribution in [0.15, 0.2) is 5.16 Å². The Morgan fingerprint density at radius 2 is 2.50 bits per heavy atom. The van der Waals surface area contributed by atoms with E-state index in [1.165, 1.54) is 7.11 Å². The molecule has 0 aliphatic carbocycles. The topological polar surface area (TPSA) is 65.0 Å². The molecule has 5 heteroatoms. The maximum Gasteiger partial charge on any atom is 0.356 e. The number of carbonyl (C=O) groups excluding carboxylic acids is 2. The molecule has 5 nitrogen and oxygen atoms in total. The van der Waals surface area contributed by atoms with Gasteiger partial charge in [0.2, 0.25) is 0 Å². The van der Waals surface area contributed by atoms with Gasteiger partial charge in [-0.15, -0.1) is 0 Å². The van der Waals surface area contributed by atoms with Crippen LogP contribution >= 0.6 is 0 Å². The van der Waals surface area contributed by atoms with Gasteiger partial charge in [-0.25, -0.2) is 9.59 Å². The third kappa shape index (κ3) is 1.12. The first-order valence-corrected chi connectivity index (χ1v) is 2.59. The molecule has 0 saturated heterocycles. The van der Waals surface area contributed by atoms with Crippen LogP contribution in [-0.2, 0) is 19.2 Å².